The second-order valence-corrected chi connectivity index (χ2v) is 7.23. The summed E-state index contributed by atoms with van der Waals surface area (Å²) >= 11 is 0. The van der Waals surface area contributed by atoms with E-state index in [2.05, 4.69) is 28.7 Å². The molecule has 0 aliphatic carbocycles. The van der Waals surface area contributed by atoms with E-state index >= 15 is 0 Å². The van der Waals surface area contributed by atoms with Crippen LogP contribution in [0.15, 0.2) is 42.9 Å². The Balaban J connectivity index is 2.16. The molecule has 5 heteroatoms. The summed E-state index contributed by atoms with van der Waals surface area (Å²) in [6.45, 7) is 8.50. The zero-order chi connectivity index (χ0) is 20.1. The average molecular weight is 364 g/mol. The van der Waals surface area contributed by atoms with Crippen LogP contribution in [-0.4, -0.2) is 31.8 Å². The van der Waals surface area contributed by atoms with Crippen LogP contribution in [-0.2, 0) is 4.74 Å². The average Bonchev–Trinajstić information content (AvgIpc) is 3.07. The van der Waals surface area contributed by atoms with Gasteiger partial charge in [0.2, 0.25) is 0 Å². The number of nitrogens with zero attached hydrogens (tertiary/aromatic N) is 2. The minimum Gasteiger partial charge on any atom is -0.442 e. The van der Waals surface area contributed by atoms with Gasteiger partial charge in [-0.1, -0.05) is 36.3 Å². The number of rotatable bonds is 4. The van der Waals surface area contributed by atoms with Gasteiger partial charge in [-0.3, -0.25) is 0 Å². The van der Waals surface area contributed by atoms with E-state index in [1.54, 1.807) is 38.6 Å². The highest BCUT2D eigenvalue weighted by atomic mass is 16.6. The lowest BCUT2D eigenvalue weighted by Gasteiger charge is -2.21. The topological polar surface area (TPSA) is 64.4 Å². The van der Waals surface area contributed by atoms with Crippen LogP contribution in [0.1, 0.15) is 56.7 Å². The molecule has 0 saturated carbocycles. The SMILES string of the molecule is C[C@H](c1ccccc1)n1cncc1C(=O)OC(C)(C)C#CC#CC(C)(C)O. The Morgan fingerprint density at radius 3 is 2.41 bits per heavy atom. The lowest BCUT2D eigenvalue weighted by molar-refractivity contribution is 0.0191. The first-order chi connectivity index (χ1) is 12.6. The van der Waals surface area contributed by atoms with Crippen molar-refractivity contribution in [3.63, 3.8) is 0 Å². The summed E-state index contributed by atoms with van der Waals surface area (Å²) in [5, 5.41) is 9.56. The number of benzene rings is 1. The molecular weight excluding hydrogens is 340 g/mol. The van der Waals surface area contributed by atoms with Crippen molar-refractivity contribution in [3.8, 4) is 23.7 Å². The van der Waals surface area contributed by atoms with E-state index in [-0.39, 0.29) is 6.04 Å². The molecule has 0 radical (unpaired) electrons. The van der Waals surface area contributed by atoms with E-state index in [0.29, 0.717) is 5.69 Å². The maximum atomic E-state index is 12.6. The molecule has 0 saturated heterocycles. The third-order valence-electron chi connectivity index (χ3n) is 3.72. The predicted molar refractivity (Wildman–Crippen MR) is 104 cm³/mol. The number of aromatic nitrogens is 2. The molecule has 1 aromatic heterocycles. The molecule has 0 unspecified atom stereocenters. The van der Waals surface area contributed by atoms with E-state index in [9.17, 15) is 9.90 Å². The summed E-state index contributed by atoms with van der Waals surface area (Å²) in [5.74, 6) is 10.1. The summed E-state index contributed by atoms with van der Waals surface area (Å²) in [5.41, 5.74) is -0.735. The van der Waals surface area contributed by atoms with E-state index < -0.39 is 17.2 Å². The molecule has 2 aromatic rings. The Morgan fingerprint density at radius 1 is 1.15 bits per heavy atom. The fourth-order valence-corrected chi connectivity index (χ4v) is 2.34. The Labute approximate surface area is 160 Å². The first kappa shape index (κ1) is 20.3. The molecule has 0 bridgehead atoms. The van der Waals surface area contributed by atoms with Gasteiger partial charge in [-0.15, -0.1) is 0 Å². The van der Waals surface area contributed by atoms with Crippen molar-refractivity contribution in [3.05, 3.63) is 54.1 Å². The fourth-order valence-electron chi connectivity index (χ4n) is 2.34. The van der Waals surface area contributed by atoms with Crippen LogP contribution in [0.25, 0.3) is 0 Å². The van der Waals surface area contributed by atoms with Crippen molar-refractivity contribution in [1.29, 1.82) is 0 Å². The maximum Gasteiger partial charge on any atom is 0.358 e. The monoisotopic (exact) mass is 364 g/mol. The number of imidazole rings is 1. The summed E-state index contributed by atoms with van der Waals surface area (Å²) in [4.78, 5) is 16.7. The molecule has 2 rings (SSSR count). The highest BCUT2D eigenvalue weighted by molar-refractivity contribution is 5.88. The molecular formula is C22H24N2O3. The van der Waals surface area contributed by atoms with Gasteiger partial charge in [0.15, 0.2) is 5.60 Å². The summed E-state index contributed by atoms with van der Waals surface area (Å²) in [7, 11) is 0. The quantitative estimate of drug-likeness (QED) is 0.668. The number of carbonyl (C=O) groups is 1. The predicted octanol–water partition coefficient (Wildman–Crippen LogP) is 3.21. The van der Waals surface area contributed by atoms with Gasteiger partial charge >= 0.3 is 5.97 Å². The van der Waals surface area contributed by atoms with Gasteiger partial charge in [-0.25, -0.2) is 9.78 Å². The molecule has 0 spiro atoms. The molecule has 140 valence electrons. The Kier molecular flexibility index (Phi) is 6.10. The lowest BCUT2D eigenvalue weighted by Crippen LogP contribution is -2.28. The molecule has 0 aliphatic heterocycles. The first-order valence-electron chi connectivity index (χ1n) is 8.66. The van der Waals surface area contributed by atoms with Gasteiger partial charge in [0.25, 0.3) is 0 Å². The molecule has 1 aromatic carbocycles. The Hall–Kier alpha value is -3.02. The standard InChI is InChI=1S/C22H24N2O3/c1-17(18-11-7-6-8-12-18)24-16-23-15-19(24)20(25)27-22(4,5)14-10-9-13-21(2,3)26/h6-8,11-12,15-17,26H,1-5H3/t17-/m1/s1. The van der Waals surface area contributed by atoms with Crippen LogP contribution in [0, 0.1) is 23.7 Å². The van der Waals surface area contributed by atoms with Crippen LogP contribution in [0.2, 0.25) is 0 Å². The number of carbonyl (C=O) groups excluding carboxylic acids is 1. The van der Waals surface area contributed by atoms with Gasteiger partial charge in [0.05, 0.1) is 18.6 Å². The van der Waals surface area contributed by atoms with E-state index in [1.807, 2.05) is 37.3 Å². The van der Waals surface area contributed by atoms with E-state index in [4.69, 9.17) is 4.74 Å². The van der Waals surface area contributed by atoms with Crippen LogP contribution in [0.5, 0.6) is 0 Å². The minimum atomic E-state index is -1.12. The molecule has 1 N–H and O–H groups in total. The Morgan fingerprint density at radius 2 is 1.78 bits per heavy atom. The summed E-state index contributed by atoms with van der Waals surface area (Å²) in [6, 6.07) is 9.78. The smallest absolute Gasteiger partial charge is 0.358 e. The molecule has 1 heterocycles. The Bertz CT molecular complexity index is 913. The van der Waals surface area contributed by atoms with Gasteiger partial charge in [0, 0.05) is 0 Å². The first-order valence-corrected chi connectivity index (χ1v) is 8.66. The van der Waals surface area contributed by atoms with Gasteiger partial charge in [-0.05, 0) is 57.9 Å². The normalized spacial score (nSPS) is 12.2. The van der Waals surface area contributed by atoms with Crippen LogP contribution in [0.4, 0.5) is 0 Å². The van der Waals surface area contributed by atoms with Crippen molar-refractivity contribution in [1.82, 2.24) is 9.55 Å². The fraction of sp³-hybridized carbons (Fsp3) is 0.364. The third-order valence-corrected chi connectivity index (χ3v) is 3.72. The highest BCUT2D eigenvalue weighted by Gasteiger charge is 2.25. The van der Waals surface area contributed by atoms with Crippen molar-refractivity contribution in [2.45, 2.75) is 51.9 Å². The van der Waals surface area contributed by atoms with Gasteiger partial charge in [-0.2, -0.15) is 0 Å². The number of esters is 1. The lowest BCUT2D eigenvalue weighted by atomic mass is 10.1. The third kappa shape index (κ3) is 6.02. The molecule has 1 atom stereocenters. The zero-order valence-corrected chi connectivity index (χ0v) is 16.3. The highest BCUT2D eigenvalue weighted by Crippen LogP contribution is 2.21. The van der Waals surface area contributed by atoms with Crippen LogP contribution >= 0.6 is 0 Å². The number of hydrogen-bond donors (Lipinski definition) is 1. The second-order valence-electron chi connectivity index (χ2n) is 7.23. The molecule has 27 heavy (non-hydrogen) atoms. The maximum absolute atomic E-state index is 12.6. The molecule has 0 amide bonds. The van der Waals surface area contributed by atoms with Crippen LogP contribution in [0.3, 0.4) is 0 Å². The van der Waals surface area contributed by atoms with Crippen molar-refractivity contribution in [2.24, 2.45) is 0 Å². The molecule has 0 aliphatic rings. The molecule has 0 fully saturated rings. The van der Waals surface area contributed by atoms with E-state index in [1.165, 1.54) is 6.20 Å². The van der Waals surface area contributed by atoms with Gasteiger partial charge in [0.1, 0.15) is 11.3 Å². The second kappa shape index (κ2) is 8.12. The van der Waals surface area contributed by atoms with Gasteiger partial charge < -0.3 is 14.4 Å². The number of aliphatic hydroxyl groups is 1. The van der Waals surface area contributed by atoms with Crippen molar-refractivity contribution < 1.29 is 14.6 Å². The number of hydrogen-bond acceptors (Lipinski definition) is 4. The van der Waals surface area contributed by atoms with Crippen LogP contribution < -0.4 is 0 Å². The van der Waals surface area contributed by atoms with Crippen molar-refractivity contribution in [2.75, 3.05) is 0 Å². The zero-order valence-electron chi connectivity index (χ0n) is 16.3. The number of ether oxygens (including phenoxy) is 1. The largest absolute Gasteiger partial charge is 0.442 e. The minimum absolute atomic E-state index is 0.0666. The molecule has 5 nitrogen and oxygen atoms in total. The summed E-state index contributed by atoms with van der Waals surface area (Å²) < 4.78 is 7.31. The van der Waals surface area contributed by atoms with Crippen molar-refractivity contribution >= 4 is 5.97 Å². The summed E-state index contributed by atoms with van der Waals surface area (Å²) in [6.07, 6.45) is 3.10. The van der Waals surface area contributed by atoms with E-state index in [0.717, 1.165) is 5.56 Å².